The molecule has 6 rings (SSSR count). The summed E-state index contributed by atoms with van der Waals surface area (Å²) >= 11 is 0. The van der Waals surface area contributed by atoms with Gasteiger partial charge in [-0.05, 0) is 42.5 Å². The number of hydrogen-bond acceptors (Lipinski definition) is 2. The molecule has 0 aromatic heterocycles. The van der Waals surface area contributed by atoms with Crippen molar-refractivity contribution in [3.05, 3.63) is 142 Å². The Morgan fingerprint density at radius 3 is 1.72 bits per heavy atom. The van der Waals surface area contributed by atoms with Crippen LogP contribution in [0.1, 0.15) is 44.5 Å². The van der Waals surface area contributed by atoms with E-state index in [4.69, 9.17) is 9.73 Å². The molecule has 1 heterocycles. The second-order valence-corrected chi connectivity index (χ2v) is 8.97. The minimum Gasteiger partial charge on any atom is -0.324 e. The Morgan fingerprint density at radius 1 is 0.656 bits per heavy atom. The third-order valence-corrected chi connectivity index (χ3v) is 6.78. The Labute approximate surface area is 189 Å². The summed E-state index contributed by atoms with van der Waals surface area (Å²) in [7, 11) is 0. The van der Waals surface area contributed by atoms with Gasteiger partial charge in [-0.2, -0.15) is 0 Å². The van der Waals surface area contributed by atoms with Crippen LogP contribution >= 0.6 is 0 Å². The van der Waals surface area contributed by atoms with Crippen LogP contribution in [0.4, 0.5) is 0 Å². The molecule has 2 aliphatic rings. The quantitative estimate of drug-likeness (QED) is 0.368. The SMILES string of the molecule is Cc1cccc(C2(c3cccc(C)c3)C=NC3(O2)c2ccccc2Cc2ccccc23)c1. The Kier molecular flexibility index (Phi) is 4.21. The number of aryl methyl sites for hydroxylation is 2. The minimum absolute atomic E-state index is 0.768. The number of fused-ring (bicyclic) bond motifs is 4. The molecule has 4 aromatic carbocycles. The van der Waals surface area contributed by atoms with E-state index in [2.05, 4.69) is 111 Å². The first-order valence-electron chi connectivity index (χ1n) is 11.2. The lowest BCUT2D eigenvalue weighted by molar-refractivity contribution is -0.0631. The van der Waals surface area contributed by atoms with Gasteiger partial charge in [-0.25, -0.2) is 0 Å². The van der Waals surface area contributed by atoms with E-state index in [0.717, 1.165) is 28.7 Å². The highest BCUT2D eigenvalue weighted by molar-refractivity contribution is 5.81. The molecule has 0 fully saturated rings. The highest BCUT2D eigenvalue weighted by Gasteiger charge is 2.53. The van der Waals surface area contributed by atoms with E-state index >= 15 is 0 Å². The fourth-order valence-corrected chi connectivity index (χ4v) is 5.26. The maximum absolute atomic E-state index is 7.29. The summed E-state index contributed by atoms with van der Waals surface area (Å²) in [5, 5.41) is 0. The van der Waals surface area contributed by atoms with Crippen LogP contribution in [0, 0.1) is 13.8 Å². The largest absolute Gasteiger partial charge is 0.324 e. The molecular formula is C30H25NO. The summed E-state index contributed by atoms with van der Waals surface area (Å²) in [6, 6.07) is 34.3. The van der Waals surface area contributed by atoms with E-state index in [9.17, 15) is 0 Å². The van der Waals surface area contributed by atoms with Gasteiger partial charge in [0, 0.05) is 17.3 Å². The van der Waals surface area contributed by atoms with Crippen molar-refractivity contribution in [1.82, 2.24) is 0 Å². The lowest BCUT2D eigenvalue weighted by atomic mass is 9.79. The van der Waals surface area contributed by atoms with Crippen LogP contribution in [0.2, 0.25) is 0 Å². The van der Waals surface area contributed by atoms with Crippen LogP contribution < -0.4 is 0 Å². The van der Waals surface area contributed by atoms with Crippen molar-refractivity contribution in [2.24, 2.45) is 4.99 Å². The normalized spacial score (nSPS) is 17.2. The van der Waals surface area contributed by atoms with E-state index in [1.807, 2.05) is 6.21 Å². The number of hydrogen-bond donors (Lipinski definition) is 0. The number of rotatable bonds is 2. The molecule has 0 radical (unpaired) electrons. The predicted molar refractivity (Wildman–Crippen MR) is 129 cm³/mol. The Balaban J connectivity index is 1.63. The Hall–Kier alpha value is -3.49. The van der Waals surface area contributed by atoms with Crippen molar-refractivity contribution in [3.63, 3.8) is 0 Å². The average Bonchev–Trinajstić information content (AvgIpc) is 3.22. The third-order valence-electron chi connectivity index (χ3n) is 6.78. The molecule has 156 valence electrons. The molecule has 0 saturated heterocycles. The van der Waals surface area contributed by atoms with Gasteiger partial charge in [0.15, 0.2) is 5.60 Å². The molecule has 0 amide bonds. The van der Waals surface area contributed by atoms with Crippen molar-refractivity contribution in [2.75, 3.05) is 0 Å². The molecule has 0 N–H and O–H groups in total. The van der Waals surface area contributed by atoms with Crippen LogP contribution in [0.3, 0.4) is 0 Å². The molecule has 0 bridgehead atoms. The summed E-state index contributed by atoms with van der Waals surface area (Å²) in [6.45, 7) is 4.25. The third kappa shape index (κ3) is 2.73. The highest BCUT2D eigenvalue weighted by Crippen LogP contribution is 2.52. The molecule has 1 aliphatic heterocycles. The minimum atomic E-state index is -0.862. The average molecular weight is 416 g/mol. The number of ether oxygens (including phenoxy) is 1. The van der Waals surface area contributed by atoms with E-state index < -0.39 is 11.3 Å². The summed E-state index contributed by atoms with van der Waals surface area (Å²) < 4.78 is 7.29. The zero-order valence-electron chi connectivity index (χ0n) is 18.4. The summed E-state index contributed by atoms with van der Waals surface area (Å²) in [5.74, 6) is 0. The lowest BCUT2D eigenvalue weighted by Gasteiger charge is -2.39. The van der Waals surface area contributed by atoms with Gasteiger partial charge in [-0.3, -0.25) is 4.99 Å². The van der Waals surface area contributed by atoms with Crippen molar-refractivity contribution in [1.29, 1.82) is 0 Å². The molecule has 4 aromatic rings. The molecular weight excluding hydrogens is 390 g/mol. The molecule has 1 aliphatic carbocycles. The highest BCUT2D eigenvalue weighted by atomic mass is 16.5. The fourth-order valence-electron chi connectivity index (χ4n) is 5.26. The zero-order chi connectivity index (χ0) is 21.8. The van der Waals surface area contributed by atoms with Crippen molar-refractivity contribution in [3.8, 4) is 0 Å². The van der Waals surface area contributed by atoms with Crippen LogP contribution in [0.15, 0.2) is 102 Å². The van der Waals surface area contributed by atoms with Crippen LogP contribution in [0.5, 0.6) is 0 Å². The monoisotopic (exact) mass is 415 g/mol. The van der Waals surface area contributed by atoms with Gasteiger partial charge < -0.3 is 4.74 Å². The van der Waals surface area contributed by atoms with Crippen LogP contribution in [0.25, 0.3) is 0 Å². The molecule has 2 heteroatoms. The standard InChI is InChI=1S/C30H25NO/c1-21-9-7-13-25(17-21)29(26-14-8-10-22(2)18-26)20-31-30(32-29)27-15-5-3-11-23(27)19-24-12-4-6-16-28(24)30/h3-18,20H,19H2,1-2H3. The maximum Gasteiger partial charge on any atom is 0.213 e. The number of aliphatic imine (C=N–C) groups is 1. The van der Waals surface area contributed by atoms with E-state index in [0.29, 0.717) is 0 Å². The Bertz CT molecular complexity index is 1280. The van der Waals surface area contributed by atoms with Gasteiger partial charge in [0.2, 0.25) is 5.72 Å². The molecule has 0 atom stereocenters. The van der Waals surface area contributed by atoms with E-state index in [1.165, 1.54) is 22.3 Å². The molecule has 0 saturated carbocycles. The second-order valence-electron chi connectivity index (χ2n) is 8.97. The van der Waals surface area contributed by atoms with Gasteiger partial charge >= 0.3 is 0 Å². The summed E-state index contributed by atoms with van der Waals surface area (Å²) in [5.41, 5.74) is 7.80. The Morgan fingerprint density at radius 2 is 1.19 bits per heavy atom. The maximum atomic E-state index is 7.29. The topological polar surface area (TPSA) is 21.6 Å². The summed E-state index contributed by atoms with van der Waals surface area (Å²) in [6.07, 6.45) is 2.93. The first-order valence-corrected chi connectivity index (χ1v) is 11.2. The van der Waals surface area contributed by atoms with Gasteiger partial charge in [0.05, 0.1) is 0 Å². The van der Waals surface area contributed by atoms with E-state index in [1.54, 1.807) is 0 Å². The molecule has 0 unspecified atom stereocenters. The summed E-state index contributed by atoms with van der Waals surface area (Å²) in [4.78, 5) is 5.23. The molecule has 32 heavy (non-hydrogen) atoms. The second kappa shape index (κ2) is 7.01. The first kappa shape index (κ1) is 19.2. The fraction of sp³-hybridized carbons (Fsp3) is 0.167. The van der Waals surface area contributed by atoms with Crippen molar-refractivity contribution < 1.29 is 4.74 Å². The van der Waals surface area contributed by atoms with E-state index in [-0.39, 0.29) is 0 Å². The van der Waals surface area contributed by atoms with Gasteiger partial charge in [0.25, 0.3) is 0 Å². The zero-order valence-corrected chi connectivity index (χ0v) is 18.4. The predicted octanol–water partition coefficient (Wildman–Crippen LogP) is 6.45. The first-order chi connectivity index (χ1) is 15.6. The number of benzene rings is 4. The van der Waals surface area contributed by atoms with Crippen LogP contribution in [-0.2, 0) is 22.5 Å². The smallest absolute Gasteiger partial charge is 0.213 e. The number of nitrogens with zero attached hydrogens (tertiary/aromatic N) is 1. The molecule has 2 nitrogen and oxygen atoms in total. The van der Waals surface area contributed by atoms with Crippen LogP contribution in [-0.4, -0.2) is 6.21 Å². The van der Waals surface area contributed by atoms with Gasteiger partial charge in [-0.15, -0.1) is 0 Å². The molecule has 1 spiro atoms. The van der Waals surface area contributed by atoms with Crippen molar-refractivity contribution in [2.45, 2.75) is 31.6 Å². The van der Waals surface area contributed by atoms with Crippen molar-refractivity contribution >= 4 is 6.21 Å². The van der Waals surface area contributed by atoms with Gasteiger partial charge in [0.1, 0.15) is 0 Å². The lowest BCUT2D eigenvalue weighted by Crippen LogP contribution is -2.39. The van der Waals surface area contributed by atoms with Gasteiger partial charge in [-0.1, -0.05) is 108 Å².